The lowest BCUT2D eigenvalue weighted by atomic mass is 10.1. The molecule has 0 spiro atoms. The van der Waals surface area contributed by atoms with E-state index in [0.717, 1.165) is 31.7 Å². The summed E-state index contributed by atoms with van der Waals surface area (Å²) in [4.78, 5) is 17.3. The molecule has 2 aliphatic heterocycles. The van der Waals surface area contributed by atoms with Crippen LogP contribution < -0.4 is 10.5 Å². The summed E-state index contributed by atoms with van der Waals surface area (Å²) in [6.07, 6.45) is 4.39. The van der Waals surface area contributed by atoms with Gasteiger partial charge in [0, 0.05) is 31.2 Å². The van der Waals surface area contributed by atoms with Gasteiger partial charge in [0.15, 0.2) is 0 Å². The first-order valence-corrected chi connectivity index (χ1v) is 11.6. The van der Waals surface area contributed by atoms with Crippen molar-refractivity contribution in [1.29, 1.82) is 0 Å². The van der Waals surface area contributed by atoms with Gasteiger partial charge in [-0.25, -0.2) is 4.39 Å². The van der Waals surface area contributed by atoms with Gasteiger partial charge in [0.05, 0.1) is 11.3 Å². The van der Waals surface area contributed by atoms with Crippen molar-refractivity contribution in [2.45, 2.75) is 51.6 Å². The van der Waals surface area contributed by atoms with Gasteiger partial charge < -0.3 is 15.4 Å². The fourth-order valence-corrected chi connectivity index (χ4v) is 4.58. The number of nitrogens with two attached hydrogens (primary N) is 1. The van der Waals surface area contributed by atoms with Crippen molar-refractivity contribution in [3.63, 3.8) is 0 Å². The maximum Gasteiger partial charge on any atom is 0.257 e. The summed E-state index contributed by atoms with van der Waals surface area (Å²) in [6.45, 7) is 7.15. The average molecular weight is 422 g/mol. The Balaban J connectivity index is 1.62. The Bertz CT molecular complexity index is 743. The summed E-state index contributed by atoms with van der Waals surface area (Å²) in [5, 5.41) is 1.84. The molecule has 5 nitrogen and oxygen atoms in total. The van der Waals surface area contributed by atoms with Gasteiger partial charge in [0.25, 0.3) is 5.91 Å². The normalized spacial score (nSPS) is 23.0. The molecular formula is C22H32FN3O2S. The molecule has 1 aromatic carbocycles. The number of ether oxygens (including phenoxy) is 1. The zero-order valence-corrected chi connectivity index (χ0v) is 18.2. The van der Waals surface area contributed by atoms with E-state index in [4.69, 9.17) is 10.5 Å². The SMILES string of the molecule is CCS/C=C(\N)COc1ccc(C(=O)N2CCCC2CN2CCCC2C)c(F)c1. The van der Waals surface area contributed by atoms with Crippen molar-refractivity contribution in [3.8, 4) is 5.75 Å². The predicted molar refractivity (Wildman–Crippen MR) is 117 cm³/mol. The van der Waals surface area contributed by atoms with Crippen LogP contribution in [0.15, 0.2) is 29.3 Å². The highest BCUT2D eigenvalue weighted by molar-refractivity contribution is 8.02. The molecule has 3 rings (SSSR count). The van der Waals surface area contributed by atoms with Crippen LogP contribution in [0.2, 0.25) is 0 Å². The summed E-state index contributed by atoms with van der Waals surface area (Å²) in [7, 11) is 0. The zero-order valence-electron chi connectivity index (χ0n) is 17.4. The molecule has 29 heavy (non-hydrogen) atoms. The van der Waals surface area contributed by atoms with Crippen LogP contribution in [0.25, 0.3) is 0 Å². The molecule has 0 aromatic heterocycles. The Morgan fingerprint density at radius 1 is 1.34 bits per heavy atom. The van der Waals surface area contributed by atoms with Crippen molar-refractivity contribution < 1.29 is 13.9 Å². The number of hydrogen-bond acceptors (Lipinski definition) is 5. The van der Waals surface area contributed by atoms with E-state index in [-0.39, 0.29) is 24.1 Å². The van der Waals surface area contributed by atoms with Gasteiger partial charge in [-0.15, -0.1) is 11.8 Å². The molecule has 1 aromatic rings. The second-order valence-corrected chi connectivity index (χ2v) is 9.01. The summed E-state index contributed by atoms with van der Waals surface area (Å²) in [6, 6.07) is 5.18. The molecule has 2 N–H and O–H groups in total. The Morgan fingerprint density at radius 2 is 2.14 bits per heavy atom. The lowest BCUT2D eigenvalue weighted by molar-refractivity contribution is 0.0692. The zero-order chi connectivity index (χ0) is 20.8. The fraction of sp³-hybridized carbons (Fsp3) is 0.591. The van der Waals surface area contributed by atoms with E-state index >= 15 is 0 Å². The largest absolute Gasteiger partial charge is 0.487 e. The lowest BCUT2D eigenvalue weighted by Gasteiger charge is -2.31. The van der Waals surface area contributed by atoms with Crippen molar-refractivity contribution in [2.24, 2.45) is 5.73 Å². The Morgan fingerprint density at radius 3 is 2.83 bits per heavy atom. The highest BCUT2D eigenvalue weighted by atomic mass is 32.2. The third-order valence-corrected chi connectivity index (χ3v) is 6.55. The van der Waals surface area contributed by atoms with Gasteiger partial charge in [0.1, 0.15) is 18.2 Å². The Hall–Kier alpha value is -1.73. The van der Waals surface area contributed by atoms with Gasteiger partial charge in [0.2, 0.25) is 0 Å². The highest BCUT2D eigenvalue weighted by Crippen LogP contribution is 2.26. The second kappa shape index (κ2) is 10.3. The molecule has 2 fully saturated rings. The first-order valence-electron chi connectivity index (χ1n) is 10.5. The molecule has 2 saturated heterocycles. The van der Waals surface area contributed by atoms with Gasteiger partial charge in [-0.3, -0.25) is 9.69 Å². The number of likely N-dealkylation sites (tertiary alicyclic amines) is 2. The van der Waals surface area contributed by atoms with E-state index in [9.17, 15) is 9.18 Å². The minimum Gasteiger partial charge on any atom is -0.487 e. The number of hydrogen-bond donors (Lipinski definition) is 1. The predicted octanol–water partition coefficient (Wildman–Crippen LogP) is 3.85. The maximum atomic E-state index is 14.7. The molecule has 0 aliphatic carbocycles. The number of amides is 1. The second-order valence-electron chi connectivity index (χ2n) is 7.86. The van der Waals surface area contributed by atoms with Crippen LogP contribution in [0, 0.1) is 5.82 Å². The van der Waals surface area contributed by atoms with Crippen LogP contribution in [0.1, 0.15) is 49.9 Å². The van der Waals surface area contributed by atoms with E-state index < -0.39 is 5.82 Å². The molecule has 7 heteroatoms. The minimum absolute atomic E-state index is 0.115. The van der Waals surface area contributed by atoms with Crippen molar-refractivity contribution in [1.82, 2.24) is 9.80 Å². The molecular weight excluding hydrogens is 389 g/mol. The molecule has 160 valence electrons. The van der Waals surface area contributed by atoms with Gasteiger partial charge in [-0.1, -0.05) is 6.92 Å². The van der Waals surface area contributed by atoms with Crippen LogP contribution in [-0.4, -0.2) is 59.8 Å². The molecule has 2 atom stereocenters. The van der Waals surface area contributed by atoms with Crippen LogP contribution in [0.4, 0.5) is 4.39 Å². The summed E-state index contributed by atoms with van der Waals surface area (Å²) in [5.74, 6) is 0.543. The van der Waals surface area contributed by atoms with Crippen LogP contribution in [0.3, 0.4) is 0 Å². The number of carbonyl (C=O) groups is 1. The number of benzene rings is 1. The van der Waals surface area contributed by atoms with Crippen molar-refractivity contribution in [3.05, 3.63) is 40.7 Å². The smallest absolute Gasteiger partial charge is 0.257 e. The quantitative estimate of drug-likeness (QED) is 0.691. The first-order chi connectivity index (χ1) is 14.0. The first kappa shape index (κ1) is 22.0. The van der Waals surface area contributed by atoms with E-state index in [1.54, 1.807) is 17.8 Å². The summed E-state index contributed by atoms with van der Waals surface area (Å²) < 4.78 is 20.2. The van der Waals surface area contributed by atoms with Crippen LogP contribution in [0.5, 0.6) is 5.75 Å². The van der Waals surface area contributed by atoms with Crippen LogP contribution in [-0.2, 0) is 0 Å². The number of halogens is 1. The molecule has 2 heterocycles. The molecule has 1 amide bonds. The molecule has 2 aliphatic rings. The van der Waals surface area contributed by atoms with Gasteiger partial charge in [-0.05, 0) is 62.4 Å². The third-order valence-electron chi connectivity index (χ3n) is 5.75. The number of thioether (sulfide) groups is 1. The van der Waals surface area contributed by atoms with Gasteiger partial charge in [-0.2, -0.15) is 0 Å². The third kappa shape index (κ3) is 5.66. The van der Waals surface area contributed by atoms with E-state index in [1.165, 1.54) is 25.0 Å². The van der Waals surface area contributed by atoms with Crippen LogP contribution >= 0.6 is 11.8 Å². The molecule has 2 unspecified atom stereocenters. The number of nitrogens with zero attached hydrogens (tertiary/aromatic N) is 2. The van der Waals surface area contributed by atoms with Gasteiger partial charge >= 0.3 is 0 Å². The summed E-state index contributed by atoms with van der Waals surface area (Å²) >= 11 is 1.59. The number of carbonyl (C=O) groups excluding carboxylic acids is 1. The monoisotopic (exact) mass is 421 g/mol. The standard InChI is InChI=1S/C22H32FN3O2S/c1-3-29-15-17(24)14-28-19-8-9-20(21(23)12-19)22(27)26-11-5-7-18(26)13-25-10-4-6-16(25)2/h8-9,12,15-16,18H,3-7,10-11,13-14,24H2,1-2H3/b17-15-. The van der Waals surface area contributed by atoms with E-state index in [0.29, 0.717) is 24.0 Å². The van der Waals surface area contributed by atoms with Crippen molar-refractivity contribution in [2.75, 3.05) is 32.0 Å². The molecule has 0 saturated carbocycles. The summed E-state index contributed by atoms with van der Waals surface area (Å²) in [5.41, 5.74) is 6.56. The van der Waals surface area contributed by atoms with E-state index in [2.05, 4.69) is 11.8 Å². The minimum atomic E-state index is -0.543. The lowest BCUT2D eigenvalue weighted by Crippen LogP contribution is -2.44. The van der Waals surface area contributed by atoms with E-state index in [1.807, 2.05) is 17.2 Å². The topological polar surface area (TPSA) is 58.8 Å². The highest BCUT2D eigenvalue weighted by Gasteiger charge is 2.33. The average Bonchev–Trinajstić information content (AvgIpc) is 3.33. The Labute approximate surface area is 177 Å². The Kier molecular flexibility index (Phi) is 7.84. The number of rotatable bonds is 8. The van der Waals surface area contributed by atoms with Crippen molar-refractivity contribution >= 4 is 17.7 Å². The molecule has 0 bridgehead atoms. The molecule has 0 radical (unpaired) electrons. The maximum absolute atomic E-state index is 14.7. The fourth-order valence-electron chi connectivity index (χ4n) is 4.13.